The van der Waals surface area contributed by atoms with Crippen molar-refractivity contribution in [2.24, 2.45) is 0 Å². The van der Waals surface area contributed by atoms with Crippen molar-refractivity contribution in [1.29, 1.82) is 0 Å². The molecule has 7 nitrogen and oxygen atoms in total. The van der Waals surface area contributed by atoms with E-state index in [0.717, 1.165) is 23.3 Å². The Kier molecular flexibility index (Phi) is 5.64. The van der Waals surface area contributed by atoms with Crippen LogP contribution in [0.5, 0.6) is 0 Å². The number of nitrogens with zero attached hydrogens (tertiary/aromatic N) is 2. The number of aryl methyl sites for hydroxylation is 2. The molecule has 0 saturated heterocycles. The molecule has 1 aliphatic carbocycles. The quantitative estimate of drug-likeness (QED) is 0.727. The predicted molar refractivity (Wildman–Crippen MR) is 102 cm³/mol. The molecule has 0 fully saturated rings. The molecule has 27 heavy (non-hydrogen) atoms. The summed E-state index contributed by atoms with van der Waals surface area (Å²) in [5.74, 6) is -0.762. The largest absolute Gasteiger partial charge is 0.467 e. The lowest BCUT2D eigenvalue weighted by molar-refractivity contribution is -0.146. The number of methoxy groups -OCH3 is 1. The first-order valence-corrected chi connectivity index (χ1v) is 10.0. The van der Waals surface area contributed by atoms with Gasteiger partial charge in [-0.1, -0.05) is 6.92 Å². The van der Waals surface area contributed by atoms with Crippen LogP contribution in [0.1, 0.15) is 61.3 Å². The van der Waals surface area contributed by atoms with Gasteiger partial charge in [-0.2, -0.15) is 0 Å². The number of carbonyl (C=O) groups is 2. The normalized spacial score (nSPS) is 17.4. The van der Waals surface area contributed by atoms with Gasteiger partial charge in [0.1, 0.15) is 16.7 Å². The van der Waals surface area contributed by atoms with Crippen molar-refractivity contribution in [1.82, 2.24) is 9.55 Å². The third-order valence-electron chi connectivity index (χ3n) is 5.04. The zero-order valence-electron chi connectivity index (χ0n) is 16.0. The maximum absolute atomic E-state index is 13.4. The summed E-state index contributed by atoms with van der Waals surface area (Å²) < 4.78 is 11.5. The lowest BCUT2D eigenvalue weighted by atomic mass is 9.86. The van der Waals surface area contributed by atoms with Crippen LogP contribution in [0.2, 0.25) is 0 Å². The summed E-state index contributed by atoms with van der Waals surface area (Å²) >= 11 is 1.46. The van der Waals surface area contributed by atoms with Crippen LogP contribution >= 0.6 is 11.3 Å². The van der Waals surface area contributed by atoms with Crippen LogP contribution in [0, 0.1) is 6.92 Å². The first-order valence-electron chi connectivity index (χ1n) is 9.23. The molecule has 1 aliphatic rings. The maximum atomic E-state index is 13.4. The molecule has 2 unspecified atom stereocenters. The van der Waals surface area contributed by atoms with Crippen molar-refractivity contribution in [2.75, 3.05) is 13.7 Å². The number of esters is 2. The highest BCUT2D eigenvalue weighted by atomic mass is 32.1. The summed E-state index contributed by atoms with van der Waals surface area (Å²) in [6.07, 6.45) is 2.75. The summed E-state index contributed by atoms with van der Waals surface area (Å²) in [6, 6.07) is -0.736. The molecule has 2 aromatic rings. The monoisotopic (exact) mass is 392 g/mol. The Labute approximate surface area is 161 Å². The van der Waals surface area contributed by atoms with Crippen LogP contribution in [-0.4, -0.2) is 35.2 Å². The molecule has 146 valence electrons. The van der Waals surface area contributed by atoms with Gasteiger partial charge in [0, 0.05) is 4.88 Å². The summed E-state index contributed by atoms with van der Waals surface area (Å²) in [5.41, 5.74) is 0.453. The number of hydrogen-bond donors (Lipinski definition) is 0. The molecule has 0 spiro atoms. The van der Waals surface area contributed by atoms with Crippen LogP contribution in [0.4, 0.5) is 0 Å². The van der Waals surface area contributed by atoms with Gasteiger partial charge in [0.2, 0.25) is 0 Å². The Balaban J connectivity index is 2.26. The molecule has 2 aromatic heterocycles. The van der Waals surface area contributed by atoms with E-state index in [2.05, 4.69) is 4.98 Å². The second-order valence-corrected chi connectivity index (χ2v) is 7.68. The second kappa shape index (κ2) is 7.80. The van der Waals surface area contributed by atoms with Crippen molar-refractivity contribution in [3.63, 3.8) is 0 Å². The molecule has 8 heteroatoms. The first-order chi connectivity index (χ1) is 12.9. The Morgan fingerprint density at radius 1 is 1.37 bits per heavy atom. The van der Waals surface area contributed by atoms with Gasteiger partial charge in [-0.3, -0.25) is 14.2 Å². The van der Waals surface area contributed by atoms with Crippen molar-refractivity contribution >= 4 is 33.5 Å². The Morgan fingerprint density at radius 2 is 2.11 bits per heavy atom. The summed E-state index contributed by atoms with van der Waals surface area (Å²) in [4.78, 5) is 44.3. The summed E-state index contributed by atoms with van der Waals surface area (Å²) in [5, 5.41) is 0.445. The lowest BCUT2D eigenvalue weighted by Crippen LogP contribution is -2.33. The van der Waals surface area contributed by atoms with Crippen molar-refractivity contribution in [2.45, 2.75) is 58.4 Å². The van der Waals surface area contributed by atoms with E-state index in [1.54, 1.807) is 13.8 Å². The van der Waals surface area contributed by atoms with Gasteiger partial charge in [0.15, 0.2) is 0 Å². The molecule has 0 amide bonds. The highest BCUT2D eigenvalue weighted by molar-refractivity contribution is 7.18. The average molecular weight is 392 g/mol. The van der Waals surface area contributed by atoms with Crippen LogP contribution in [0.3, 0.4) is 0 Å². The summed E-state index contributed by atoms with van der Waals surface area (Å²) in [6.45, 7) is 5.61. The number of thiophene rings is 1. The fourth-order valence-corrected chi connectivity index (χ4v) is 5.14. The van der Waals surface area contributed by atoms with Crippen LogP contribution in [0.25, 0.3) is 10.2 Å². The van der Waals surface area contributed by atoms with Crippen molar-refractivity contribution in [3.8, 4) is 0 Å². The van der Waals surface area contributed by atoms with E-state index >= 15 is 0 Å². The topological polar surface area (TPSA) is 87.5 Å². The minimum Gasteiger partial charge on any atom is -0.467 e. The lowest BCUT2D eigenvalue weighted by Gasteiger charge is -2.22. The van der Waals surface area contributed by atoms with E-state index in [-0.39, 0.29) is 11.5 Å². The number of rotatable bonds is 5. The van der Waals surface area contributed by atoms with Crippen molar-refractivity contribution in [3.05, 3.63) is 26.6 Å². The molecular weight excluding hydrogens is 368 g/mol. The predicted octanol–water partition coefficient (Wildman–Crippen LogP) is 2.87. The molecule has 2 heterocycles. The molecule has 0 bridgehead atoms. The van der Waals surface area contributed by atoms with Gasteiger partial charge < -0.3 is 9.47 Å². The average Bonchev–Trinajstić information content (AvgIpc) is 3.02. The zero-order chi connectivity index (χ0) is 19.7. The Hall–Kier alpha value is -2.22. The SMILES string of the molecule is CCOC(=O)C1CCCc2sc3nc(C)n(C(CC)C(=O)OC)c(=O)c3c21. The van der Waals surface area contributed by atoms with E-state index < -0.39 is 17.9 Å². The van der Waals surface area contributed by atoms with Gasteiger partial charge in [-0.15, -0.1) is 11.3 Å². The van der Waals surface area contributed by atoms with Crippen LogP contribution in [-0.2, 0) is 25.5 Å². The van der Waals surface area contributed by atoms with E-state index in [4.69, 9.17) is 9.47 Å². The van der Waals surface area contributed by atoms with Gasteiger partial charge in [0.25, 0.3) is 5.56 Å². The zero-order valence-corrected chi connectivity index (χ0v) is 16.9. The standard InChI is InChI=1S/C19H24N2O5S/c1-5-12(19(24)25-4)21-10(3)20-16-15(17(21)22)14-11(18(23)26-6-2)8-7-9-13(14)27-16/h11-12H,5-9H2,1-4H3. The molecule has 2 atom stereocenters. The molecule has 0 aromatic carbocycles. The molecule has 0 N–H and O–H groups in total. The van der Waals surface area contributed by atoms with E-state index in [1.807, 2.05) is 6.92 Å². The number of carbonyl (C=O) groups excluding carboxylic acids is 2. The number of fused-ring (bicyclic) bond motifs is 3. The number of hydrogen-bond acceptors (Lipinski definition) is 7. The third-order valence-corrected chi connectivity index (χ3v) is 6.20. The minimum absolute atomic E-state index is 0.288. The highest BCUT2D eigenvalue weighted by Crippen LogP contribution is 2.41. The Bertz CT molecular complexity index is 946. The van der Waals surface area contributed by atoms with E-state index in [1.165, 1.54) is 23.0 Å². The smallest absolute Gasteiger partial charge is 0.329 e. The van der Waals surface area contributed by atoms with Gasteiger partial charge in [0.05, 0.1) is 25.0 Å². The highest BCUT2D eigenvalue weighted by Gasteiger charge is 2.34. The molecule has 3 rings (SSSR count). The second-order valence-electron chi connectivity index (χ2n) is 6.60. The fraction of sp³-hybridized carbons (Fsp3) is 0.579. The van der Waals surface area contributed by atoms with Crippen LogP contribution in [0.15, 0.2) is 4.79 Å². The minimum atomic E-state index is -0.736. The molecule has 0 aliphatic heterocycles. The van der Waals surface area contributed by atoms with Gasteiger partial charge in [-0.05, 0) is 45.1 Å². The number of aromatic nitrogens is 2. The van der Waals surface area contributed by atoms with Crippen molar-refractivity contribution < 1.29 is 19.1 Å². The first kappa shape index (κ1) is 19.5. The molecular formula is C19H24N2O5S. The number of ether oxygens (including phenoxy) is 2. The molecule has 0 radical (unpaired) electrons. The maximum Gasteiger partial charge on any atom is 0.329 e. The fourth-order valence-electron chi connectivity index (χ4n) is 3.83. The van der Waals surface area contributed by atoms with Gasteiger partial charge in [-0.25, -0.2) is 9.78 Å². The van der Waals surface area contributed by atoms with E-state index in [9.17, 15) is 14.4 Å². The summed E-state index contributed by atoms with van der Waals surface area (Å²) in [7, 11) is 1.31. The Morgan fingerprint density at radius 3 is 2.74 bits per heavy atom. The molecule has 0 saturated carbocycles. The van der Waals surface area contributed by atoms with E-state index in [0.29, 0.717) is 35.5 Å². The van der Waals surface area contributed by atoms with Gasteiger partial charge >= 0.3 is 11.9 Å². The third kappa shape index (κ3) is 3.26. The van der Waals surface area contributed by atoms with Crippen LogP contribution < -0.4 is 5.56 Å².